The molecule has 0 saturated carbocycles. The van der Waals surface area contributed by atoms with Crippen molar-refractivity contribution in [3.63, 3.8) is 0 Å². The lowest BCUT2D eigenvalue weighted by atomic mass is 10.3. The van der Waals surface area contributed by atoms with E-state index in [4.69, 9.17) is 4.55 Å². The molecule has 0 amide bonds. The van der Waals surface area contributed by atoms with Crippen molar-refractivity contribution >= 4 is 48.9 Å². The Labute approximate surface area is 98.6 Å². The zero-order chi connectivity index (χ0) is 10.7. The Morgan fingerprint density at radius 2 is 1.86 bits per heavy atom. The molecule has 14 heavy (non-hydrogen) atoms. The van der Waals surface area contributed by atoms with Gasteiger partial charge in [-0.15, -0.1) is 4.91 Å². The summed E-state index contributed by atoms with van der Waals surface area (Å²) in [5.74, 6) is 0.150. The van der Waals surface area contributed by atoms with Crippen LogP contribution in [0.1, 0.15) is 0 Å². The summed E-state index contributed by atoms with van der Waals surface area (Å²) < 4.78 is 24.0. The van der Waals surface area contributed by atoms with E-state index in [1.54, 1.807) is 0 Å². The van der Waals surface area contributed by atoms with Gasteiger partial charge in [-0.3, -0.25) is 4.55 Å². The van der Waals surface area contributed by atoms with Gasteiger partial charge < -0.3 is 4.18 Å². The lowest BCUT2D eigenvalue weighted by Gasteiger charge is -2.03. The van der Waals surface area contributed by atoms with Crippen LogP contribution in [0.5, 0.6) is 5.75 Å². The Morgan fingerprint density at radius 1 is 1.36 bits per heavy atom. The van der Waals surface area contributed by atoms with Crippen molar-refractivity contribution in [2.45, 2.75) is 0 Å². The second kappa shape index (κ2) is 4.96. The summed E-state index contributed by atoms with van der Waals surface area (Å²) in [6, 6.07) is 2.74. The predicted molar refractivity (Wildman–Crippen MR) is 58.7 cm³/mol. The van der Waals surface area contributed by atoms with Crippen LogP contribution in [0, 0.1) is 4.91 Å². The van der Waals surface area contributed by atoms with Crippen molar-refractivity contribution in [2.75, 3.05) is 0 Å². The monoisotopic (exact) mass is 343 g/mol. The molecule has 1 aromatic rings. The third kappa shape index (κ3) is 2.84. The third-order valence-electron chi connectivity index (χ3n) is 1.25. The maximum atomic E-state index is 10.3. The van der Waals surface area contributed by atoms with E-state index in [2.05, 4.69) is 41.2 Å². The second-order valence-electron chi connectivity index (χ2n) is 2.13. The molecule has 1 rings (SSSR count). The average molecular weight is 345 g/mol. The molecule has 5 nitrogen and oxygen atoms in total. The first-order valence-electron chi connectivity index (χ1n) is 3.16. The fourth-order valence-corrected chi connectivity index (χ4v) is 2.31. The molecule has 0 aromatic heterocycles. The largest absolute Gasteiger partial charge is 0.380 e. The van der Waals surface area contributed by atoms with E-state index in [0.717, 1.165) is 0 Å². The van der Waals surface area contributed by atoms with Gasteiger partial charge in [-0.05, 0) is 49.2 Å². The van der Waals surface area contributed by atoms with E-state index < -0.39 is 11.4 Å². The molecule has 76 valence electrons. The maximum Gasteiger partial charge on any atom is 0.357 e. The van der Waals surface area contributed by atoms with E-state index >= 15 is 0 Å². The normalized spacial score (nSPS) is 12.2. The molecule has 0 aliphatic rings. The summed E-state index contributed by atoms with van der Waals surface area (Å²) in [5.41, 5.74) is 0.168. The van der Waals surface area contributed by atoms with Gasteiger partial charge in [0.05, 0.1) is 8.95 Å². The van der Waals surface area contributed by atoms with Crippen LogP contribution in [0.4, 0.5) is 5.69 Å². The van der Waals surface area contributed by atoms with Gasteiger partial charge in [-0.2, -0.15) is 4.21 Å². The molecule has 0 bridgehead atoms. The molecule has 0 saturated heterocycles. The Morgan fingerprint density at radius 3 is 2.21 bits per heavy atom. The summed E-state index contributed by atoms with van der Waals surface area (Å²) in [7, 11) is 0. The molecule has 1 aromatic carbocycles. The van der Waals surface area contributed by atoms with Crippen molar-refractivity contribution in [2.24, 2.45) is 5.18 Å². The van der Waals surface area contributed by atoms with Gasteiger partial charge in [-0.25, -0.2) is 0 Å². The number of hydrogen-bond acceptors (Lipinski definition) is 4. The minimum atomic E-state index is -2.39. The van der Waals surface area contributed by atoms with Crippen LogP contribution in [0.2, 0.25) is 0 Å². The van der Waals surface area contributed by atoms with Gasteiger partial charge in [0.15, 0.2) is 0 Å². The van der Waals surface area contributed by atoms with Crippen LogP contribution in [-0.2, 0) is 11.4 Å². The molecular weight excluding hydrogens is 342 g/mol. The Balaban J connectivity index is 3.13. The van der Waals surface area contributed by atoms with E-state index in [-0.39, 0.29) is 11.4 Å². The molecule has 1 atom stereocenters. The van der Waals surface area contributed by atoms with Gasteiger partial charge in [0, 0.05) is 0 Å². The fraction of sp³-hybridized carbons (Fsp3) is 0. The van der Waals surface area contributed by atoms with Crippen LogP contribution in [-0.4, -0.2) is 8.76 Å². The number of halogens is 2. The van der Waals surface area contributed by atoms with Crippen LogP contribution >= 0.6 is 31.9 Å². The van der Waals surface area contributed by atoms with Gasteiger partial charge in [0.1, 0.15) is 11.4 Å². The van der Waals surface area contributed by atoms with Crippen molar-refractivity contribution in [1.82, 2.24) is 0 Å². The number of nitrogens with zero attached hydrogens (tertiary/aromatic N) is 1. The summed E-state index contributed by atoms with van der Waals surface area (Å²) in [5, 5.41) is 2.75. The van der Waals surface area contributed by atoms with Gasteiger partial charge in [0.2, 0.25) is 0 Å². The van der Waals surface area contributed by atoms with Crippen molar-refractivity contribution in [1.29, 1.82) is 0 Å². The third-order valence-corrected chi connectivity index (χ3v) is 2.79. The van der Waals surface area contributed by atoms with Gasteiger partial charge in [0.25, 0.3) is 0 Å². The summed E-state index contributed by atoms with van der Waals surface area (Å²) in [6.45, 7) is 0. The number of nitroso groups, excluding NO2 is 1. The molecule has 0 aliphatic heterocycles. The Hall–Kier alpha value is -0.310. The molecule has 1 unspecified atom stereocenters. The highest BCUT2D eigenvalue weighted by molar-refractivity contribution is 9.11. The van der Waals surface area contributed by atoms with E-state index in [9.17, 15) is 9.12 Å². The van der Waals surface area contributed by atoms with Crippen molar-refractivity contribution in [3.8, 4) is 5.75 Å². The minimum absolute atomic E-state index is 0.150. The molecule has 1 N–H and O–H groups in total. The number of rotatable bonds is 3. The molecule has 0 fully saturated rings. The summed E-state index contributed by atoms with van der Waals surface area (Å²) >= 11 is 3.74. The van der Waals surface area contributed by atoms with Crippen molar-refractivity contribution in [3.05, 3.63) is 26.0 Å². The molecule has 0 spiro atoms. The minimum Gasteiger partial charge on any atom is -0.380 e. The zero-order valence-electron chi connectivity index (χ0n) is 6.44. The highest BCUT2D eigenvalue weighted by atomic mass is 79.9. The van der Waals surface area contributed by atoms with Gasteiger partial charge >= 0.3 is 11.4 Å². The van der Waals surface area contributed by atoms with E-state index in [0.29, 0.717) is 8.95 Å². The van der Waals surface area contributed by atoms with Crippen LogP contribution < -0.4 is 4.18 Å². The van der Waals surface area contributed by atoms with Crippen LogP contribution in [0.3, 0.4) is 0 Å². The lowest BCUT2D eigenvalue weighted by Crippen LogP contribution is -1.97. The fourth-order valence-electron chi connectivity index (χ4n) is 0.760. The first kappa shape index (κ1) is 11.8. The quantitative estimate of drug-likeness (QED) is 0.675. The Bertz CT molecular complexity index is 374. The van der Waals surface area contributed by atoms with E-state index in [1.165, 1.54) is 12.1 Å². The molecular formula is C6H3Br2NO4S. The zero-order valence-corrected chi connectivity index (χ0v) is 10.4. The lowest BCUT2D eigenvalue weighted by molar-refractivity contribution is 0.458. The Kier molecular flexibility index (Phi) is 4.17. The molecule has 0 aliphatic carbocycles. The van der Waals surface area contributed by atoms with Crippen molar-refractivity contribution < 1.29 is 12.9 Å². The standard InChI is InChI=1S/C6H3Br2NO4S/c7-4-1-3(13-14(11)12)2-5(8)6(4)9-10/h1-2H,(H,11,12). The molecule has 8 heteroatoms. The average Bonchev–Trinajstić information content (AvgIpc) is 2.01. The highest BCUT2D eigenvalue weighted by Crippen LogP contribution is 2.37. The second-order valence-corrected chi connectivity index (χ2v) is 4.44. The number of benzene rings is 1. The molecule has 0 heterocycles. The smallest absolute Gasteiger partial charge is 0.357 e. The summed E-state index contributed by atoms with van der Waals surface area (Å²) in [6.07, 6.45) is 0. The van der Waals surface area contributed by atoms with Crippen LogP contribution in [0.15, 0.2) is 26.3 Å². The summed E-state index contributed by atoms with van der Waals surface area (Å²) in [4.78, 5) is 10.3. The van der Waals surface area contributed by atoms with E-state index in [1.807, 2.05) is 0 Å². The SMILES string of the molecule is O=Nc1c(Br)cc(OS(=O)O)cc1Br. The maximum absolute atomic E-state index is 10.3. The predicted octanol–water partition coefficient (Wildman–Crippen LogP) is 3.12. The number of hydrogen-bond donors (Lipinski definition) is 1. The van der Waals surface area contributed by atoms with Crippen LogP contribution in [0.25, 0.3) is 0 Å². The topological polar surface area (TPSA) is 76.0 Å². The first-order valence-corrected chi connectivity index (χ1v) is 5.78. The first-order chi connectivity index (χ1) is 6.54. The highest BCUT2D eigenvalue weighted by Gasteiger charge is 2.10. The van der Waals surface area contributed by atoms with Gasteiger partial charge in [-0.1, -0.05) is 0 Å². The molecule has 0 radical (unpaired) electrons.